The van der Waals surface area contributed by atoms with Crippen molar-refractivity contribution in [1.82, 2.24) is 14.9 Å². The van der Waals surface area contributed by atoms with Crippen LogP contribution in [0.3, 0.4) is 0 Å². The molecular weight excluding hydrogens is 442 g/mol. The number of benzene rings is 1. The van der Waals surface area contributed by atoms with Gasteiger partial charge in [0.15, 0.2) is 5.16 Å². The number of aromatic nitrogens is 2. The van der Waals surface area contributed by atoms with Gasteiger partial charge in [-0.2, -0.15) is 0 Å². The van der Waals surface area contributed by atoms with E-state index >= 15 is 0 Å². The highest BCUT2D eigenvalue weighted by Gasteiger charge is 2.22. The molecule has 0 aliphatic heterocycles. The van der Waals surface area contributed by atoms with Crippen molar-refractivity contribution in [1.29, 1.82) is 0 Å². The van der Waals surface area contributed by atoms with Crippen molar-refractivity contribution in [3.63, 3.8) is 0 Å². The Bertz CT molecular complexity index is 1170. The molecule has 2 aromatic heterocycles. The van der Waals surface area contributed by atoms with Crippen LogP contribution in [-0.4, -0.2) is 34.9 Å². The van der Waals surface area contributed by atoms with Crippen LogP contribution in [0.15, 0.2) is 34.2 Å². The van der Waals surface area contributed by atoms with Crippen LogP contribution in [-0.2, 0) is 17.6 Å². The number of nitrogens with zero attached hydrogens (tertiary/aromatic N) is 2. The number of fused-ring (bicyclic) bond motifs is 3. The minimum Gasteiger partial charge on any atom is -0.497 e. The van der Waals surface area contributed by atoms with E-state index in [1.54, 1.807) is 23.0 Å². The van der Waals surface area contributed by atoms with Crippen LogP contribution in [0.5, 0.6) is 5.75 Å². The lowest BCUT2D eigenvalue weighted by Gasteiger charge is -2.13. The molecule has 32 heavy (non-hydrogen) atoms. The van der Waals surface area contributed by atoms with Crippen LogP contribution < -0.4 is 15.6 Å². The zero-order valence-corrected chi connectivity index (χ0v) is 20.4. The van der Waals surface area contributed by atoms with Crippen LogP contribution >= 0.6 is 23.1 Å². The summed E-state index contributed by atoms with van der Waals surface area (Å²) in [5.74, 6) is 1.27. The Balaban J connectivity index is 1.78. The zero-order valence-electron chi connectivity index (χ0n) is 18.8. The normalized spacial score (nSPS) is 13.8. The van der Waals surface area contributed by atoms with Gasteiger partial charge in [0, 0.05) is 11.4 Å². The second-order valence-electron chi connectivity index (χ2n) is 8.46. The Morgan fingerprint density at radius 3 is 2.69 bits per heavy atom. The molecule has 3 aromatic rings. The standard InChI is InChI=1S/C24H29N3O3S2/c1-15(2)13-25-20(28)14-31-24-26-22-21(18-7-5-4-6-8-19(18)32-22)23(29)27(24)16-9-11-17(30-3)12-10-16/h9-12,15H,4-8,13-14H2,1-3H3,(H,25,28). The molecule has 0 saturated carbocycles. The fourth-order valence-corrected chi connectivity index (χ4v) is 6.06. The molecule has 1 aliphatic rings. The Kier molecular flexibility index (Phi) is 7.20. The monoisotopic (exact) mass is 471 g/mol. The fraction of sp³-hybridized carbons (Fsp3) is 0.458. The minimum atomic E-state index is -0.0544. The van der Waals surface area contributed by atoms with Gasteiger partial charge in [0.25, 0.3) is 5.56 Å². The number of carbonyl (C=O) groups is 1. The third-order valence-corrected chi connectivity index (χ3v) is 7.70. The fourth-order valence-electron chi connectivity index (χ4n) is 3.92. The molecule has 0 atom stereocenters. The molecule has 0 radical (unpaired) electrons. The molecule has 170 valence electrons. The van der Waals surface area contributed by atoms with Crippen molar-refractivity contribution in [2.75, 3.05) is 19.4 Å². The van der Waals surface area contributed by atoms with E-state index in [0.29, 0.717) is 17.6 Å². The van der Waals surface area contributed by atoms with Crippen molar-refractivity contribution in [2.24, 2.45) is 5.92 Å². The molecule has 1 aliphatic carbocycles. The first-order valence-electron chi connectivity index (χ1n) is 11.1. The lowest BCUT2D eigenvalue weighted by Crippen LogP contribution is -2.29. The molecule has 1 amide bonds. The van der Waals surface area contributed by atoms with E-state index in [1.807, 2.05) is 24.3 Å². The van der Waals surface area contributed by atoms with Crippen molar-refractivity contribution in [2.45, 2.75) is 51.1 Å². The van der Waals surface area contributed by atoms with E-state index in [4.69, 9.17) is 9.72 Å². The van der Waals surface area contributed by atoms with Gasteiger partial charge >= 0.3 is 0 Å². The molecule has 1 aromatic carbocycles. The van der Waals surface area contributed by atoms with Crippen LogP contribution in [0.25, 0.3) is 15.9 Å². The van der Waals surface area contributed by atoms with Crippen LogP contribution in [0.1, 0.15) is 43.6 Å². The summed E-state index contributed by atoms with van der Waals surface area (Å²) in [7, 11) is 1.62. The van der Waals surface area contributed by atoms with Crippen LogP contribution in [0.2, 0.25) is 0 Å². The Labute approximate surface area is 196 Å². The quantitative estimate of drug-likeness (QED) is 0.310. The smallest absolute Gasteiger partial charge is 0.267 e. The van der Waals surface area contributed by atoms with Gasteiger partial charge in [-0.25, -0.2) is 4.98 Å². The number of thiophene rings is 1. The highest BCUT2D eigenvalue weighted by atomic mass is 32.2. The summed E-state index contributed by atoms with van der Waals surface area (Å²) >= 11 is 2.95. The first kappa shape index (κ1) is 22.9. The predicted molar refractivity (Wildman–Crippen MR) is 132 cm³/mol. The average Bonchev–Trinajstić information content (AvgIpc) is 2.97. The van der Waals surface area contributed by atoms with Crippen LogP contribution in [0.4, 0.5) is 0 Å². The van der Waals surface area contributed by atoms with Gasteiger partial charge in [0.2, 0.25) is 5.91 Å². The second kappa shape index (κ2) is 10.1. The zero-order chi connectivity index (χ0) is 22.7. The SMILES string of the molecule is COc1ccc(-n2c(SCC(=O)NCC(C)C)nc3sc4c(c3c2=O)CCCCC4)cc1. The number of methoxy groups -OCH3 is 1. The van der Waals surface area contributed by atoms with Crippen molar-refractivity contribution in [3.05, 3.63) is 45.1 Å². The number of thioether (sulfide) groups is 1. The Morgan fingerprint density at radius 1 is 1.22 bits per heavy atom. The van der Waals surface area contributed by atoms with Gasteiger partial charge in [-0.3, -0.25) is 14.2 Å². The predicted octanol–water partition coefficient (Wildman–Crippen LogP) is 4.59. The molecule has 0 spiro atoms. The summed E-state index contributed by atoms with van der Waals surface area (Å²) in [4.78, 5) is 33.1. The van der Waals surface area contributed by atoms with Crippen molar-refractivity contribution >= 4 is 39.2 Å². The van der Waals surface area contributed by atoms with E-state index in [1.165, 1.54) is 28.6 Å². The molecule has 8 heteroatoms. The van der Waals surface area contributed by atoms with Gasteiger partial charge in [-0.05, 0) is 61.4 Å². The lowest BCUT2D eigenvalue weighted by molar-refractivity contribution is -0.118. The molecular formula is C24H29N3O3S2. The molecule has 0 fully saturated rings. The topological polar surface area (TPSA) is 73.2 Å². The number of nitrogens with one attached hydrogen (secondary N) is 1. The second-order valence-corrected chi connectivity index (χ2v) is 10.5. The van der Waals surface area contributed by atoms with E-state index in [0.717, 1.165) is 47.3 Å². The number of carbonyl (C=O) groups excluding carboxylic acids is 1. The minimum absolute atomic E-state index is 0.0512. The highest BCUT2D eigenvalue weighted by Crippen LogP contribution is 2.34. The summed E-state index contributed by atoms with van der Waals surface area (Å²) in [6.07, 6.45) is 5.40. The maximum atomic E-state index is 13.8. The number of aryl methyl sites for hydroxylation is 2. The molecule has 1 N–H and O–H groups in total. The summed E-state index contributed by atoms with van der Waals surface area (Å²) in [6, 6.07) is 7.40. The van der Waals surface area contributed by atoms with E-state index in [2.05, 4.69) is 19.2 Å². The molecule has 4 rings (SSSR count). The number of hydrogen-bond acceptors (Lipinski definition) is 6. The molecule has 0 saturated heterocycles. The van der Waals surface area contributed by atoms with E-state index in [-0.39, 0.29) is 17.2 Å². The molecule has 2 heterocycles. The maximum Gasteiger partial charge on any atom is 0.267 e. The first-order chi connectivity index (χ1) is 15.5. The molecule has 0 bridgehead atoms. The van der Waals surface area contributed by atoms with Gasteiger partial charge in [0.1, 0.15) is 10.6 Å². The van der Waals surface area contributed by atoms with Gasteiger partial charge in [-0.15, -0.1) is 11.3 Å². The van der Waals surface area contributed by atoms with Crippen LogP contribution in [0, 0.1) is 5.92 Å². The maximum absolute atomic E-state index is 13.8. The third kappa shape index (κ3) is 4.86. The van der Waals surface area contributed by atoms with Gasteiger partial charge in [-0.1, -0.05) is 32.0 Å². The first-order valence-corrected chi connectivity index (χ1v) is 12.9. The number of amides is 1. The molecule has 0 unspecified atom stereocenters. The molecule has 6 nitrogen and oxygen atoms in total. The van der Waals surface area contributed by atoms with Crippen molar-refractivity contribution in [3.8, 4) is 11.4 Å². The van der Waals surface area contributed by atoms with Crippen molar-refractivity contribution < 1.29 is 9.53 Å². The van der Waals surface area contributed by atoms with Gasteiger partial charge in [0.05, 0.1) is 23.9 Å². The number of ether oxygens (including phenoxy) is 1. The lowest BCUT2D eigenvalue weighted by atomic mass is 10.1. The number of rotatable bonds is 7. The van der Waals surface area contributed by atoms with E-state index in [9.17, 15) is 9.59 Å². The summed E-state index contributed by atoms with van der Waals surface area (Å²) in [6.45, 7) is 4.75. The summed E-state index contributed by atoms with van der Waals surface area (Å²) in [5.41, 5.74) is 1.85. The largest absolute Gasteiger partial charge is 0.497 e. The summed E-state index contributed by atoms with van der Waals surface area (Å²) in [5, 5.41) is 4.23. The number of hydrogen-bond donors (Lipinski definition) is 1. The summed E-state index contributed by atoms with van der Waals surface area (Å²) < 4.78 is 6.93. The highest BCUT2D eigenvalue weighted by molar-refractivity contribution is 7.99. The third-order valence-electron chi connectivity index (χ3n) is 5.58. The Hall–Kier alpha value is -2.32. The van der Waals surface area contributed by atoms with E-state index < -0.39 is 0 Å². The van der Waals surface area contributed by atoms with Gasteiger partial charge < -0.3 is 10.1 Å². The Morgan fingerprint density at radius 2 is 1.97 bits per heavy atom. The average molecular weight is 472 g/mol.